The second kappa shape index (κ2) is 7.93. The molecule has 0 radical (unpaired) electrons. The van der Waals surface area contributed by atoms with Gasteiger partial charge in [0.05, 0.1) is 5.39 Å². The monoisotopic (exact) mass is 424 g/mol. The molecule has 2 aromatic carbocycles. The first-order valence-corrected chi connectivity index (χ1v) is 10.9. The lowest BCUT2D eigenvalue weighted by atomic mass is 10.0. The fourth-order valence-corrected chi connectivity index (χ4v) is 4.93. The second-order valence-electron chi connectivity index (χ2n) is 8.04. The van der Waals surface area contributed by atoms with E-state index in [2.05, 4.69) is 33.2 Å². The Kier molecular flexibility index (Phi) is 5.13. The minimum absolute atomic E-state index is 0.0790. The zero-order chi connectivity index (χ0) is 20.7. The summed E-state index contributed by atoms with van der Waals surface area (Å²) >= 11 is 6.70. The summed E-state index contributed by atoms with van der Waals surface area (Å²) in [5.74, 6) is 1.03. The number of anilines is 2. The summed E-state index contributed by atoms with van der Waals surface area (Å²) in [5.41, 5.74) is 4.10. The van der Waals surface area contributed by atoms with Crippen LogP contribution in [0, 0.1) is 0 Å². The quantitative estimate of drug-likeness (QED) is 0.638. The molecule has 3 heterocycles. The molecule has 2 aliphatic heterocycles. The van der Waals surface area contributed by atoms with Crippen LogP contribution in [0.3, 0.4) is 0 Å². The highest BCUT2D eigenvalue weighted by atomic mass is 35.5. The van der Waals surface area contributed by atoms with E-state index in [1.165, 1.54) is 5.56 Å². The molecule has 1 aromatic heterocycles. The maximum atomic E-state index is 11.8. The normalized spacial score (nSPS) is 17.0. The van der Waals surface area contributed by atoms with E-state index in [1.807, 2.05) is 23.1 Å². The van der Waals surface area contributed by atoms with Crippen LogP contribution < -0.4 is 9.80 Å². The molecule has 0 atom stereocenters. The van der Waals surface area contributed by atoms with Crippen LogP contribution in [0.5, 0.6) is 0 Å². The Morgan fingerprint density at radius 3 is 2.70 bits per heavy atom. The molecule has 0 aliphatic carbocycles. The average molecular weight is 425 g/mol. The molecule has 0 bridgehead atoms. The highest BCUT2D eigenvalue weighted by Crippen LogP contribution is 2.36. The van der Waals surface area contributed by atoms with E-state index in [0.717, 1.165) is 85.2 Å². The molecule has 30 heavy (non-hydrogen) atoms. The van der Waals surface area contributed by atoms with Gasteiger partial charge in [-0.05, 0) is 42.2 Å². The van der Waals surface area contributed by atoms with Crippen molar-refractivity contribution in [1.29, 1.82) is 0 Å². The van der Waals surface area contributed by atoms with E-state index in [4.69, 9.17) is 16.1 Å². The van der Waals surface area contributed by atoms with Gasteiger partial charge in [0.15, 0.2) is 11.4 Å². The number of hydrogen-bond acceptors (Lipinski definition) is 5. The summed E-state index contributed by atoms with van der Waals surface area (Å²) in [6.07, 6.45) is 1.75. The molecule has 156 valence electrons. The number of fused-ring (bicyclic) bond motifs is 2. The van der Waals surface area contributed by atoms with Crippen LogP contribution in [0.2, 0.25) is 5.02 Å². The van der Waals surface area contributed by atoms with Crippen molar-refractivity contribution in [2.75, 3.05) is 49.1 Å². The van der Waals surface area contributed by atoms with Crippen LogP contribution in [0.4, 0.5) is 11.5 Å². The number of carbonyl (C=O) groups is 1. The van der Waals surface area contributed by atoms with Gasteiger partial charge in [-0.25, -0.2) is 0 Å². The lowest BCUT2D eigenvalue weighted by molar-refractivity contribution is -0.116. The molecular weight excluding hydrogens is 400 g/mol. The highest BCUT2D eigenvalue weighted by molar-refractivity contribution is 6.32. The molecule has 7 heteroatoms. The molecule has 0 saturated carbocycles. The van der Waals surface area contributed by atoms with E-state index in [0.29, 0.717) is 0 Å². The Morgan fingerprint density at radius 1 is 1.10 bits per heavy atom. The Balaban J connectivity index is 1.20. The summed E-state index contributed by atoms with van der Waals surface area (Å²) in [7, 11) is 0. The van der Waals surface area contributed by atoms with Gasteiger partial charge in [0.1, 0.15) is 0 Å². The lowest BCUT2D eigenvalue weighted by Crippen LogP contribution is -2.47. The number of aromatic nitrogens is 1. The van der Waals surface area contributed by atoms with Crippen LogP contribution in [-0.4, -0.2) is 55.2 Å². The number of carbonyl (C=O) groups excluding carboxylic acids is 1. The third-order valence-corrected chi connectivity index (χ3v) is 6.75. The molecule has 2 aliphatic rings. The summed E-state index contributed by atoms with van der Waals surface area (Å²) in [4.78, 5) is 18.4. The Labute approximate surface area is 181 Å². The smallest absolute Gasteiger partial charge is 0.223 e. The van der Waals surface area contributed by atoms with E-state index in [1.54, 1.807) is 6.92 Å². The zero-order valence-corrected chi connectivity index (χ0v) is 17.9. The molecule has 5 rings (SSSR count). The Bertz CT molecular complexity index is 1090. The van der Waals surface area contributed by atoms with Crippen LogP contribution in [0.25, 0.3) is 11.0 Å². The first-order chi connectivity index (χ1) is 14.6. The van der Waals surface area contributed by atoms with Crippen molar-refractivity contribution < 1.29 is 9.32 Å². The summed E-state index contributed by atoms with van der Waals surface area (Å²) in [6, 6.07) is 12.2. The van der Waals surface area contributed by atoms with Crippen molar-refractivity contribution in [3.8, 4) is 0 Å². The Hall–Kier alpha value is -2.57. The third-order valence-electron chi connectivity index (χ3n) is 6.28. The minimum Gasteiger partial charge on any atom is -0.354 e. The number of nitrogens with zero attached hydrogens (tertiary/aromatic N) is 4. The molecular formula is C23H25ClN4O2. The zero-order valence-electron chi connectivity index (χ0n) is 17.1. The van der Waals surface area contributed by atoms with Gasteiger partial charge in [-0.3, -0.25) is 9.69 Å². The largest absolute Gasteiger partial charge is 0.354 e. The third kappa shape index (κ3) is 3.44. The minimum atomic E-state index is 0.0790. The maximum absolute atomic E-state index is 11.8. The maximum Gasteiger partial charge on any atom is 0.223 e. The van der Waals surface area contributed by atoms with E-state index < -0.39 is 0 Å². The highest BCUT2D eigenvalue weighted by Gasteiger charge is 2.26. The van der Waals surface area contributed by atoms with Gasteiger partial charge < -0.3 is 14.3 Å². The van der Waals surface area contributed by atoms with Crippen LogP contribution in [-0.2, 0) is 17.6 Å². The summed E-state index contributed by atoms with van der Waals surface area (Å²) < 4.78 is 5.46. The topological polar surface area (TPSA) is 52.8 Å². The Morgan fingerprint density at radius 2 is 1.90 bits per heavy atom. The number of halogens is 1. The van der Waals surface area contributed by atoms with Crippen molar-refractivity contribution in [2.24, 2.45) is 0 Å². The van der Waals surface area contributed by atoms with Gasteiger partial charge in [-0.2, -0.15) is 0 Å². The lowest BCUT2D eigenvalue weighted by Gasteiger charge is -2.34. The standard InChI is InChI=1S/C23H25ClN4O2/c1-16(29)28-11-9-18-20(28)7-6-17(22(18)24)8-10-26-12-14-27(15-13-26)23-19-4-2-3-5-21(19)30-25-23/h2-7H,8-15H2,1H3. The van der Waals surface area contributed by atoms with Crippen LogP contribution in [0.1, 0.15) is 18.1 Å². The van der Waals surface area contributed by atoms with E-state index >= 15 is 0 Å². The molecule has 6 nitrogen and oxygen atoms in total. The molecule has 0 unspecified atom stereocenters. The predicted molar refractivity (Wildman–Crippen MR) is 120 cm³/mol. The molecule has 3 aromatic rings. The van der Waals surface area contributed by atoms with E-state index in [9.17, 15) is 4.79 Å². The molecule has 1 saturated heterocycles. The van der Waals surface area contributed by atoms with Gasteiger partial charge in [-0.1, -0.05) is 35.0 Å². The van der Waals surface area contributed by atoms with Gasteiger partial charge >= 0.3 is 0 Å². The van der Waals surface area contributed by atoms with Crippen molar-refractivity contribution in [1.82, 2.24) is 10.1 Å². The van der Waals surface area contributed by atoms with Crippen molar-refractivity contribution >= 4 is 40.0 Å². The fraction of sp³-hybridized carbons (Fsp3) is 0.391. The number of piperazine rings is 1. The van der Waals surface area contributed by atoms with Gasteiger partial charge in [0, 0.05) is 56.9 Å². The first-order valence-electron chi connectivity index (χ1n) is 10.5. The van der Waals surface area contributed by atoms with Gasteiger partial charge in [-0.15, -0.1) is 0 Å². The molecule has 1 fully saturated rings. The van der Waals surface area contributed by atoms with Gasteiger partial charge in [0.2, 0.25) is 5.91 Å². The van der Waals surface area contributed by atoms with Crippen molar-refractivity contribution in [2.45, 2.75) is 19.8 Å². The molecule has 0 N–H and O–H groups in total. The van der Waals surface area contributed by atoms with Gasteiger partial charge in [0.25, 0.3) is 0 Å². The van der Waals surface area contributed by atoms with Crippen LogP contribution >= 0.6 is 11.6 Å². The van der Waals surface area contributed by atoms with Crippen molar-refractivity contribution in [3.05, 3.63) is 52.5 Å². The number of amides is 1. The predicted octanol–water partition coefficient (Wildman–Crippen LogP) is 3.75. The average Bonchev–Trinajstić information content (AvgIpc) is 3.39. The second-order valence-corrected chi connectivity index (χ2v) is 8.42. The first kappa shape index (κ1) is 19.4. The summed E-state index contributed by atoms with van der Waals surface area (Å²) in [6.45, 7) is 7.15. The van der Waals surface area contributed by atoms with Crippen LogP contribution in [0.15, 0.2) is 40.9 Å². The number of para-hydroxylation sites is 1. The number of benzene rings is 2. The van der Waals surface area contributed by atoms with Crippen molar-refractivity contribution in [3.63, 3.8) is 0 Å². The molecule has 0 spiro atoms. The SMILES string of the molecule is CC(=O)N1CCc2c1ccc(CCN1CCN(c3noc4ccccc34)CC1)c2Cl. The van der Waals surface area contributed by atoms with E-state index in [-0.39, 0.29) is 5.91 Å². The summed E-state index contributed by atoms with van der Waals surface area (Å²) in [5, 5.41) is 6.20. The number of rotatable bonds is 4. The molecule has 1 amide bonds. The number of hydrogen-bond donors (Lipinski definition) is 0. The fourth-order valence-electron chi connectivity index (χ4n) is 4.58.